The van der Waals surface area contributed by atoms with Gasteiger partial charge in [0.2, 0.25) is 0 Å². The van der Waals surface area contributed by atoms with Crippen molar-refractivity contribution in [1.82, 2.24) is 0 Å². The van der Waals surface area contributed by atoms with Crippen LogP contribution in [0.4, 0.5) is 17.1 Å². The van der Waals surface area contributed by atoms with Gasteiger partial charge in [-0.3, -0.25) is 4.72 Å². The highest BCUT2D eigenvalue weighted by Gasteiger charge is 2.19. The summed E-state index contributed by atoms with van der Waals surface area (Å²) in [7, 11) is -0.108. The smallest absolute Gasteiger partial charge is 0.263 e. The Morgan fingerprint density at radius 1 is 1.14 bits per heavy atom. The molecule has 0 aliphatic heterocycles. The summed E-state index contributed by atoms with van der Waals surface area (Å²) in [5.74, 6) is 0. The summed E-state index contributed by atoms with van der Waals surface area (Å²) in [6.07, 6.45) is 0. The summed E-state index contributed by atoms with van der Waals surface area (Å²) < 4.78 is 27.5. The first-order valence-corrected chi connectivity index (χ1v) is 8.01. The van der Waals surface area contributed by atoms with Gasteiger partial charge in [-0.1, -0.05) is 23.7 Å². The van der Waals surface area contributed by atoms with Crippen LogP contribution < -0.4 is 15.4 Å². The lowest BCUT2D eigenvalue weighted by Crippen LogP contribution is -2.17. The minimum Gasteiger partial charge on any atom is -0.399 e. The maximum Gasteiger partial charge on any atom is 0.263 e. The number of benzene rings is 2. The average Bonchev–Trinajstić information content (AvgIpc) is 2.37. The minimum absolute atomic E-state index is 0.00748. The predicted octanol–water partition coefficient (Wildman–Crippen LogP) is 2.79. The van der Waals surface area contributed by atoms with E-state index in [2.05, 4.69) is 4.72 Å². The number of rotatable bonds is 4. The molecule has 0 radical (unpaired) electrons. The Bertz CT molecular complexity index is 761. The average molecular weight is 326 g/mol. The van der Waals surface area contributed by atoms with Crippen LogP contribution >= 0.6 is 11.6 Å². The van der Waals surface area contributed by atoms with Crippen LogP contribution in [0.2, 0.25) is 5.02 Å². The molecular weight excluding hydrogens is 310 g/mol. The van der Waals surface area contributed by atoms with Gasteiger partial charge in [-0.25, -0.2) is 8.42 Å². The standard InChI is InChI=1S/C14H16ClN3O2S/c1-18(2)13-6-4-3-5-12(13)17-21(19,20)14-8-7-10(16)9-11(14)15/h3-9,17H,16H2,1-2H3. The number of anilines is 3. The van der Waals surface area contributed by atoms with Gasteiger partial charge in [0, 0.05) is 19.8 Å². The first-order chi connectivity index (χ1) is 9.81. The number of nitrogens with zero attached hydrogens (tertiary/aromatic N) is 1. The fourth-order valence-electron chi connectivity index (χ4n) is 1.88. The van der Waals surface area contributed by atoms with E-state index in [0.29, 0.717) is 11.4 Å². The molecule has 112 valence electrons. The molecule has 2 aromatic carbocycles. The minimum atomic E-state index is -3.78. The van der Waals surface area contributed by atoms with Crippen molar-refractivity contribution < 1.29 is 8.42 Å². The van der Waals surface area contributed by atoms with Crippen molar-refractivity contribution in [2.75, 3.05) is 29.5 Å². The van der Waals surface area contributed by atoms with Crippen molar-refractivity contribution in [2.24, 2.45) is 0 Å². The van der Waals surface area contributed by atoms with Gasteiger partial charge in [0.05, 0.1) is 16.4 Å². The van der Waals surface area contributed by atoms with Crippen LogP contribution in [-0.4, -0.2) is 22.5 Å². The summed E-state index contributed by atoms with van der Waals surface area (Å²) in [5.41, 5.74) is 7.23. The number of para-hydroxylation sites is 2. The van der Waals surface area contributed by atoms with Gasteiger partial charge in [-0.15, -0.1) is 0 Å². The number of nitrogen functional groups attached to an aromatic ring is 1. The summed E-state index contributed by atoms with van der Waals surface area (Å²) in [5, 5.41) is 0.0878. The van der Waals surface area contributed by atoms with Crippen molar-refractivity contribution in [3.63, 3.8) is 0 Å². The van der Waals surface area contributed by atoms with Gasteiger partial charge in [0.15, 0.2) is 0 Å². The lowest BCUT2D eigenvalue weighted by Gasteiger charge is -2.18. The van der Waals surface area contributed by atoms with Crippen LogP contribution in [0, 0.1) is 0 Å². The lowest BCUT2D eigenvalue weighted by molar-refractivity contribution is 0.601. The van der Waals surface area contributed by atoms with E-state index in [-0.39, 0.29) is 9.92 Å². The molecule has 5 nitrogen and oxygen atoms in total. The summed E-state index contributed by atoms with van der Waals surface area (Å²) in [6.45, 7) is 0. The van der Waals surface area contributed by atoms with E-state index in [0.717, 1.165) is 5.69 Å². The fraction of sp³-hybridized carbons (Fsp3) is 0.143. The van der Waals surface area contributed by atoms with E-state index in [1.807, 2.05) is 31.1 Å². The predicted molar refractivity (Wildman–Crippen MR) is 87.4 cm³/mol. The zero-order valence-corrected chi connectivity index (χ0v) is 13.2. The third-order valence-electron chi connectivity index (χ3n) is 2.88. The third-order valence-corrected chi connectivity index (χ3v) is 4.72. The molecule has 0 aromatic heterocycles. The maximum atomic E-state index is 12.5. The van der Waals surface area contributed by atoms with Gasteiger partial charge in [0.25, 0.3) is 10.0 Å². The maximum absolute atomic E-state index is 12.5. The molecule has 0 heterocycles. The first-order valence-electron chi connectivity index (χ1n) is 6.15. The topological polar surface area (TPSA) is 75.4 Å². The molecule has 3 N–H and O–H groups in total. The Morgan fingerprint density at radius 2 is 1.81 bits per heavy atom. The Labute approximate surface area is 129 Å². The van der Waals surface area contributed by atoms with Gasteiger partial charge < -0.3 is 10.6 Å². The fourth-order valence-corrected chi connectivity index (χ4v) is 3.51. The van der Waals surface area contributed by atoms with E-state index in [4.69, 9.17) is 17.3 Å². The van der Waals surface area contributed by atoms with E-state index in [1.165, 1.54) is 18.2 Å². The second-order valence-electron chi connectivity index (χ2n) is 4.71. The number of nitrogens with two attached hydrogens (primary N) is 1. The van der Waals surface area contributed by atoms with Crippen molar-refractivity contribution in [1.29, 1.82) is 0 Å². The van der Waals surface area contributed by atoms with Crippen LogP contribution in [0.1, 0.15) is 0 Å². The number of hydrogen-bond acceptors (Lipinski definition) is 4. The normalized spacial score (nSPS) is 11.2. The second-order valence-corrected chi connectivity index (χ2v) is 6.76. The number of nitrogens with one attached hydrogen (secondary N) is 1. The van der Waals surface area contributed by atoms with Gasteiger partial charge in [-0.05, 0) is 30.3 Å². The first kappa shape index (κ1) is 15.5. The van der Waals surface area contributed by atoms with Gasteiger partial charge >= 0.3 is 0 Å². The zero-order chi connectivity index (χ0) is 15.6. The molecule has 2 rings (SSSR count). The Balaban J connectivity index is 2.43. The molecule has 0 aliphatic rings. The van der Waals surface area contributed by atoms with Crippen molar-refractivity contribution >= 4 is 38.7 Å². The highest BCUT2D eigenvalue weighted by Crippen LogP contribution is 2.29. The zero-order valence-electron chi connectivity index (χ0n) is 11.7. The van der Waals surface area contributed by atoms with E-state index in [9.17, 15) is 8.42 Å². The van der Waals surface area contributed by atoms with Crippen LogP contribution in [0.5, 0.6) is 0 Å². The quantitative estimate of drug-likeness (QED) is 0.848. The molecule has 7 heteroatoms. The van der Waals surface area contributed by atoms with Crippen LogP contribution in [0.15, 0.2) is 47.4 Å². The number of halogens is 1. The van der Waals surface area contributed by atoms with Crippen LogP contribution in [0.3, 0.4) is 0 Å². The molecule has 0 aliphatic carbocycles. The van der Waals surface area contributed by atoms with Crippen molar-refractivity contribution in [3.05, 3.63) is 47.5 Å². The van der Waals surface area contributed by atoms with Crippen molar-refractivity contribution in [2.45, 2.75) is 4.90 Å². The molecule has 0 spiro atoms. The molecule has 0 saturated carbocycles. The monoisotopic (exact) mass is 325 g/mol. The number of sulfonamides is 1. The Kier molecular flexibility index (Phi) is 4.29. The molecule has 0 amide bonds. The largest absolute Gasteiger partial charge is 0.399 e. The van der Waals surface area contributed by atoms with Crippen LogP contribution in [0.25, 0.3) is 0 Å². The molecule has 0 fully saturated rings. The van der Waals surface area contributed by atoms with Crippen LogP contribution in [-0.2, 0) is 10.0 Å². The summed E-state index contributed by atoms with van der Waals surface area (Å²) >= 11 is 5.97. The highest BCUT2D eigenvalue weighted by molar-refractivity contribution is 7.92. The summed E-state index contributed by atoms with van der Waals surface area (Å²) in [4.78, 5) is 1.81. The molecule has 0 bridgehead atoms. The molecule has 21 heavy (non-hydrogen) atoms. The van der Waals surface area contributed by atoms with Crippen molar-refractivity contribution in [3.8, 4) is 0 Å². The molecule has 0 unspecified atom stereocenters. The second kappa shape index (κ2) is 5.83. The molecule has 0 atom stereocenters. The lowest BCUT2D eigenvalue weighted by atomic mass is 10.2. The Hall–Kier alpha value is -1.92. The molecule has 0 saturated heterocycles. The Morgan fingerprint density at radius 3 is 2.43 bits per heavy atom. The van der Waals surface area contributed by atoms with E-state index >= 15 is 0 Å². The third kappa shape index (κ3) is 3.40. The molecule has 2 aromatic rings. The summed E-state index contributed by atoms with van der Waals surface area (Å²) in [6, 6.07) is 11.4. The number of hydrogen-bond donors (Lipinski definition) is 2. The molecular formula is C14H16ClN3O2S. The van der Waals surface area contributed by atoms with E-state index < -0.39 is 10.0 Å². The van der Waals surface area contributed by atoms with Gasteiger partial charge in [-0.2, -0.15) is 0 Å². The SMILES string of the molecule is CN(C)c1ccccc1NS(=O)(=O)c1ccc(N)cc1Cl. The highest BCUT2D eigenvalue weighted by atomic mass is 35.5. The van der Waals surface area contributed by atoms with Gasteiger partial charge in [0.1, 0.15) is 4.90 Å². The van der Waals surface area contributed by atoms with E-state index in [1.54, 1.807) is 12.1 Å².